The average Bonchev–Trinajstić information content (AvgIpc) is 3.00. The molecule has 4 rings (SSSR count). The van der Waals surface area contributed by atoms with Crippen LogP contribution in [0.1, 0.15) is 34.6 Å². The van der Waals surface area contributed by atoms with E-state index in [1.165, 1.54) is 12.1 Å². The monoisotopic (exact) mass is 637 g/mol. The maximum atomic E-state index is 13.1. The molecule has 0 aliphatic rings. The quantitative estimate of drug-likeness (QED) is 0.0921. The van der Waals surface area contributed by atoms with E-state index in [9.17, 15) is 18.0 Å². The predicted octanol–water partition coefficient (Wildman–Crippen LogP) is 9.31. The lowest BCUT2D eigenvalue weighted by atomic mass is 10.0. The fourth-order valence-corrected chi connectivity index (χ4v) is 6.29. The van der Waals surface area contributed by atoms with Crippen LogP contribution in [0.3, 0.4) is 0 Å². The molecule has 0 fully saturated rings. The van der Waals surface area contributed by atoms with Crippen LogP contribution in [0.15, 0.2) is 114 Å². The second-order valence-electron chi connectivity index (χ2n) is 10.4. The summed E-state index contributed by atoms with van der Waals surface area (Å²) in [6.45, 7) is 3.43. The number of benzene rings is 4. The molecular formula is C35H34F3NO3S2. The molecule has 1 N–H and O–H groups in total. The van der Waals surface area contributed by atoms with E-state index < -0.39 is 29.7 Å². The molecule has 4 nitrogen and oxygen atoms in total. The first-order valence-corrected chi connectivity index (χ1v) is 15.3. The summed E-state index contributed by atoms with van der Waals surface area (Å²) in [7, 11) is 1.87. The Bertz CT molecular complexity index is 1570. The highest BCUT2D eigenvalue weighted by Gasteiger charge is 2.30. The van der Waals surface area contributed by atoms with Crippen molar-refractivity contribution in [1.29, 1.82) is 0 Å². The van der Waals surface area contributed by atoms with Crippen molar-refractivity contribution in [3.8, 4) is 16.9 Å². The smallest absolute Gasteiger partial charge is 0.416 e. The van der Waals surface area contributed by atoms with Gasteiger partial charge in [-0.25, -0.2) is 4.79 Å². The number of hydrogen-bond acceptors (Lipinski definition) is 5. The van der Waals surface area contributed by atoms with Crippen molar-refractivity contribution in [1.82, 2.24) is 4.90 Å². The zero-order valence-corrected chi connectivity index (χ0v) is 26.3. The maximum Gasteiger partial charge on any atom is 0.416 e. The van der Waals surface area contributed by atoms with Crippen molar-refractivity contribution in [3.05, 3.63) is 131 Å². The maximum absolute atomic E-state index is 13.1. The van der Waals surface area contributed by atoms with Crippen molar-refractivity contribution < 1.29 is 27.8 Å². The van der Waals surface area contributed by atoms with Crippen LogP contribution in [0, 0.1) is 6.92 Å². The Morgan fingerprint density at radius 3 is 2.20 bits per heavy atom. The van der Waals surface area contributed by atoms with E-state index in [4.69, 9.17) is 22.5 Å². The lowest BCUT2D eigenvalue weighted by Gasteiger charge is -2.28. The molecule has 0 aliphatic carbocycles. The molecular weight excluding hydrogens is 604 g/mol. The van der Waals surface area contributed by atoms with Crippen LogP contribution in [0.25, 0.3) is 11.1 Å². The fraction of sp³-hybridized carbons (Fsp3) is 0.229. The van der Waals surface area contributed by atoms with E-state index in [2.05, 4.69) is 42.5 Å². The number of allylic oxidation sites excluding steroid dienone is 1. The number of rotatable bonds is 12. The Morgan fingerprint density at radius 2 is 1.61 bits per heavy atom. The molecule has 0 heterocycles. The Balaban J connectivity index is 1.57. The third-order valence-corrected chi connectivity index (χ3v) is 8.95. The number of thioether (sulfide) groups is 1. The molecule has 0 radical (unpaired) electrons. The molecule has 0 spiro atoms. The number of carboxylic acid groups (broad SMARTS) is 1. The van der Waals surface area contributed by atoms with Crippen LogP contribution in [0.4, 0.5) is 13.2 Å². The zero-order valence-electron chi connectivity index (χ0n) is 24.6. The molecule has 9 heteroatoms. The van der Waals surface area contributed by atoms with Gasteiger partial charge in [0, 0.05) is 22.9 Å². The zero-order chi connectivity index (χ0) is 31.9. The summed E-state index contributed by atoms with van der Waals surface area (Å²) in [4.78, 5) is 13.9. The summed E-state index contributed by atoms with van der Waals surface area (Å²) in [6.07, 6.45) is -1.53. The third-order valence-electron chi connectivity index (χ3n) is 7.17. The molecule has 0 aromatic heterocycles. The minimum atomic E-state index is -4.39. The number of nitrogens with zero attached hydrogens (tertiary/aromatic N) is 1. The fourth-order valence-electron chi connectivity index (χ4n) is 4.65. The number of alkyl halides is 3. The number of aryl methyl sites for hydroxylation is 1. The molecule has 0 aliphatic heterocycles. The van der Waals surface area contributed by atoms with Gasteiger partial charge in [0.25, 0.3) is 0 Å². The summed E-state index contributed by atoms with van der Waals surface area (Å²) in [5, 5.41) is 8.51. The first-order chi connectivity index (χ1) is 20.9. The van der Waals surface area contributed by atoms with Gasteiger partial charge < -0.3 is 14.7 Å². The van der Waals surface area contributed by atoms with Gasteiger partial charge in [0.2, 0.25) is 0 Å². The number of hydrogen-bond donors (Lipinski definition) is 2. The predicted molar refractivity (Wildman–Crippen MR) is 174 cm³/mol. The molecule has 230 valence electrons. The second-order valence-corrected chi connectivity index (χ2v) is 12.2. The largest absolute Gasteiger partial charge is 0.482 e. The normalized spacial score (nSPS) is 13.3. The van der Waals surface area contributed by atoms with Gasteiger partial charge in [0.15, 0.2) is 6.61 Å². The van der Waals surface area contributed by atoms with Crippen molar-refractivity contribution in [2.24, 2.45) is 0 Å². The molecule has 44 heavy (non-hydrogen) atoms. The lowest BCUT2D eigenvalue weighted by Crippen LogP contribution is -2.20. The summed E-state index contributed by atoms with van der Waals surface area (Å²) in [5.74, 6) is -0.518. The van der Waals surface area contributed by atoms with E-state index in [0.717, 1.165) is 51.4 Å². The first-order valence-electron chi connectivity index (χ1n) is 13.9. The SMILES string of the molecule is C/C(=C\C(Cc1ccc(-c2ccccc2)cc1)Sc1ccc(OCC(=O)O)c(C)c1)N(C)C(S)c1ccc(C(F)(F)F)cc1. The van der Waals surface area contributed by atoms with Crippen LogP contribution >= 0.6 is 24.4 Å². The van der Waals surface area contributed by atoms with Crippen LogP contribution < -0.4 is 4.74 Å². The molecule has 4 aromatic rings. The minimum absolute atomic E-state index is 0.00153. The topological polar surface area (TPSA) is 49.8 Å². The molecule has 0 saturated heterocycles. The van der Waals surface area contributed by atoms with Crippen LogP contribution in [-0.4, -0.2) is 34.9 Å². The van der Waals surface area contributed by atoms with E-state index in [1.54, 1.807) is 17.8 Å². The van der Waals surface area contributed by atoms with Crippen molar-refractivity contribution >= 4 is 30.4 Å². The molecule has 4 aromatic carbocycles. The van der Waals surface area contributed by atoms with E-state index in [1.807, 2.05) is 56.1 Å². The molecule has 0 bridgehead atoms. The van der Waals surface area contributed by atoms with Gasteiger partial charge in [-0.3, -0.25) is 0 Å². The van der Waals surface area contributed by atoms with Crippen molar-refractivity contribution in [3.63, 3.8) is 0 Å². The Morgan fingerprint density at radius 1 is 0.977 bits per heavy atom. The van der Waals surface area contributed by atoms with Gasteiger partial charge in [-0.2, -0.15) is 13.2 Å². The van der Waals surface area contributed by atoms with Gasteiger partial charge in [-0.15, -0.1) is 24.4 Å². The molecule has 0 amide bonds. The standard InChI is InChI=1S/C35H34F3NO3S2/c1-23-19-30(17-18-32(23)42-22-33(40)41)44-31(21-25-9-11-27(12-10-25)26-7-5-4-6-8-26)20-24(2)39(3)34(43)28-13-15-29(16-14-28)35(36,37)38/h4-20,31,34,43H,21-22H2,1-3H3,(H,40,41)/b24-20+. The van der Waals surface area contributed by atoms with Gasteiger partial charge >= 0.3 is 12.1 Å². The van der Waals surface area contributed by atoms with Gasteiger partial charge in [0.05, 0.1) is 10.9 Å². The van der Waals surface area contributed by atoms with E-state index in [-0.39, 0.29) is 5.25 Å². The highest BCUT2D eigenvalue weighted by Crippen LogP contribution is 2.35. The van der Waals surface area contributed by atoms with Crippen LogP contribution in [0.5, 0.6) is 5.75 Å². The highest BCUT2D eigenvalue weighted by atomic mass is 32.2. The third kappa shape index (κ3) is 9.09. The lowest BCUT2D eigenvalue weighted by molar-refractivity contribution is -0.139. The first kappa shape index (κ1) is 33.1. The Kier molecular flexibility index (Phi) is 11.1. The van der Waals surface area contributed by atoms with Gasteiger partial charge in [0.1, 0.15) is 5.75 Å². The van der Waals surface area contributed by atoms with Crippen LogP contribution in [0.2, 0.25) is 0 Å². The minimum Gasteiger partial charge on any atom is -0.482 e. The Labute approximate surface area is 266 Å². The van der Waals surface area contributed by atoms with E-state index in [0.29, 0.717) is 11.3 Å². The van der Waals surface area contributed by atoms with Gasteiger partial charge in [-0.1, -0.05) is 72.8 Å². The summed E-state index contributed by atoms with van der Waals surface area (Å²) >= 11 is 6.39. The summed E-state index contributed by atoms with van der Waals surface area (Å²) in [6, 6.07) is 29.4. The molecule has 2 atom stereocenters. The number of halogens is 3. The average molecular weight is 638 g/mol. The van der Waals surface area contributed by atoms with Crippen molar-refractivity contribution in [2.75, 3.05) is 13.7 Å². The summed E-state index contributed by atoms with van der Waals surface area (Å²) < 4.78 is 44.6. The number of carboxylic acids is 1. The van der Waals surface area contributed by atoms with E-state index >= 15 is 0 Å². The second kappa shape index (κ2) is 14.8. The Hall–Kier alpha value is -3.82. The van der Waals surface area contributed by atoms with Gasteiger partial charge in [-0.05, 0) is 78.4 Å². The highest BCUT2D eigenvalue weighted by molar-refractivity contribution is 8.00. The number of carbonyl (C=O) groups is 1. The number of thiol groups is 1. The van der Waals surface area contributed by atoms with Crippen molar-refractivity contribution in [2.45, 2.75) is 42.0 Å². The van der Waals surface area contributed by atoms with Crippen LogP contribution in [-0.2, 0) is 17.4 Å². The summed E-state index contributed by atoms with van der Waals surface area (Å²) in [5.41, 5.74) is 5.14. The molecule has 2 unspecified atom stereocenters. The molecule has 0 saturated carbocycles. The number of aliphatic carboxylic acids is 1. The number of ether oxygens (including phenoxy) is 1.